The van der Waals surface area contributed by atoms with E-state index in [0.717, 1.165) is 35.0 Å². The lowest BCUT2D eigenvalue weighted by atomic mass is 10.1. The van der Waals surface area contributed by atoms with Gasteiger partial charge in [-0.15, -0.1) is 0 Å². The van der Waals surface area contributed by atoms with Crippen molar-refractivity contribution in [2.75, 3.05) is 11.9 Å². The third kappa shape index (κ3) is 5.67. The Balaban J connectivity index is 2.32. The van der Waals surface area contributed by atoms with Crippen LogP contribution in [0.15, 0.2) is 18.2 Å². The zero-order chi connectivity index (χ0) is 13.4. The molecular formula is C15H22BrNO. The number of carbonyl (C=O) groups is 1. The molecule has 0 aliphatic rings. The van der Waals surface area contributed by atoms with Crippen LogP contribution in [-0.4, -0.2) is 17.8 Å². The molecule has 0 bridgehead atoms. The highest BCUT2D eigenvalue weighted by molar-refractivity contribution is 9.09. The first-order valence-corrected chi connectivity index (χ1v) is 7.68. The fraction of sp³-hybridized carbons (Fsp3) is 0.533. The molecule has 1 rings (SSSR count). The molecule has 0 aliphatic heterocycles. The summed E-state index contributed by atoms with van der Waals surface area (Å²) in [6, 6.07) is 5.96. The molecule has 0 saturated heterocycles. The van der Waals surface area contributed by atoms with Gasteiger partial charge in [0.15, 0.2) is 0 Å². The van der Waals surface area contributed by atoms with Crippen LogP contribution in [0.2, 0.25) is 0 Å². The molecule has 0 aromatic heterocycles. The zero-order valence-electron chi connectivity index (χ0n) is 11.3. The third-order valence-electron chi connectivity index (χ3n) is 2.83. The maximum absolute atomic E-state index is 11.9. The van der Waals surface area contributed by atoms with Crippen LogP contribution in [0.25, 0.3) is 0 Å². The molecule has 0 spiro atoms. The van der Waals surface area contributed by atoms with E-state index < -0.39 is 0 Å². The van der Waals surface area contributed by atoms with Crippen molar-refractivity contribution in [3.05, 3.63) is 34.9 Å². The van der Waals surface area contributed by atoms with Crippen molar-refractivity contribution >= 4 is 21.8 Å². The molecule has 1 aromatic rings. The predicted molar refractivity (Wildman–Crippen MR) is 80.5 cm³/mol. The summed E-state index contributed by atoms with van der Waals surface area (Å²) in [4.78, 5) is 11.9. The van der Waals surface area contributed by atoms with Crippen LogP contribution < -0.4 is 5.32 Å². The normalized spacial score (nSPS) is 10.4. The van der Waals surface area contributed by atoms with Crippen LogP contribution in [0.4, 0.5) is 0 Å². The minimum Gasteiger partial charge on any atom is -0.352 e. The highest BCUT2D eigenvalue weighted by Crippen LogP contribution is 2.08. The van der Waals surface area contributed by atoms with Crippen LogP contribution in [0, 0.1) is 13.8 Å². The Bertz CT molecular complexity index is 370. The van der Waals surface area contributed by atoms with E-state index in [4.69, 9.17) is 0 Å². The van der Waals surface area contributed by atoms with E-state index >= 15 is 0 Å². The van der Waals surface area contributed by atoms with E-state index in [-0.39, 0.29) is 5.91 Å². The molecule has 1 aromatic carbocycles. The molecule has 0 aliphatic carbocycles. The van der Waals surface area contributed by atoms with Crippen molar-refractivity contribution in [3.8, 4) is 0 Å². The molecule has 0 fully saturated rings. The van der Waals surface area contributed by atoms with E-state index in [0.29, 0.717) is 0 Å². The summed E-state index contributed by atoms with van der Waals surface area (Å²) >= 11 is 3.42. The Morgan fingerprint density at radius 3 is 2.28 bits per heavy atom. The lowest BCUT2D eigenvalue weighted by Crippen LogP contribution is -2.24. The second-order valence-corrected chi connectivity index (χ2v) is 5.53. The summed E-state index contributed by atoms with van der Waals surface area (Å²) in [5, 5.41) is 4.05. The van der Waals surface area contributed by atoms with E-state index in [1.165, 1.54) is 19.3 Å². The standard InChI is InChI=1S/C15H22BrNO/c1-12-9-13(2)11-14(10-12)15(18)17-8-6-4-3-5-7-16/h9-11H,3-8H2,1-2H3,(H,17,18). The average molecular weight is 312 g/mol. The number of benzene rings is 1. The summed E-state index contributed by atoms with van der Waals surface area (Å²) in [6.45, 7) is 4.81. The van der Waals surface area contributed by atoms with Crippen molar-refractivity contribution in [3.63, 3.8) is 0 Å². The molecule has 0 heterocycles. The number of nitrogens with one attached hydrogen (secondary N) is 1. The highest BCUT2D eigenvalue weighted by Gasteiger charge is 2.05. The van der Waals surface area contributed by atoms with Gasteiger partial charge in [0.25, 0.3) is 5.91 Å². The van der Waals surface area contributed by atoms with E-state index in [1.54, 1.807) is 0 Å². The van der Waals surface area contributed by atoms with Gasteiger partial charge in [0.2, 0.25) is 0 Å². The Hall–Kier alpha value is -0.830. The van der Waals surface area contributed by atoms with Gasteiger partial charge in [-0.1, -0.05) is 46.0 Å². The number of aryl methyl sites for hydroxylation is 2. The van der Waals surface area contributed by atoms with Gasteiger partial charge in [-0.25, -0.2) is 0 Å². The minimum absolute atomic E-state index is 0.0438. The highest BCUT2D eigenvalue weighted by atomic mass is 79.9. The van der Waals surface area contributed by atoms with Gasteiger partial charge in [0.05, 0.1) is 0 Å². The number of rotatable bonds is 7. The maximum Gasteiger partial charge on any atom is 0.251 e. The van der Waals surface area contributed by atoms with Gasteiger partial charge in [-0.3, -0.25) is 4.79 Å². The third-order valence-corrected chi connectivity index (χ3v) is 3.39. The van der Waals surface area contributed by atoms with E-state index in [2.05, 4.69) is 27.3 Å². The molecule has 100 valence electrons. The Kier molecular flexibility index (Phi) is 7.02. The second kappa shape index (κ2) is 8.30. The molecule has 1 amide bonds. The maximum atomic E-state index is 11.9. The van der Waals surface area contributed by atoms with Gasteiger partial charge in [-0.2, -0.15) is 0 Å². The fourth-order valence-corrected chi connectivity index (χ4v) is 2.38. The number of halogens is 1. The van der Waals surface area contributed by atoms with Gasteiger partial charge in [-0.05, 0) is 38.8 Å². The zero-order valence-corrected chi connectivity index (χ0v) is 12.8. The number of hydrogen-bond donors (Lipinski definition) is 1. The van der Waals surface area contributed by atoms with Crippen molar-refractivity contribution in [2.45, 2.75) is 39.5 Å². The van der Waals surface area contributed by atoms with Gasteiger partial charge >= 0.3 is 0 Å². The number of unbranched alkanes of at least 4 members (excludes halogenated alkanes) is 3. The van der Waals surface area contributed by atoms with Crippen molar-refractivity contribution < 1.29 is 4.79 Å². The van der Waals surface area contributed by atoms with Crippen LogP contribution in [0.3, 0.4) is 0 Å². The first-order valence-electron chi connectivity index (χ1n) is 6.56. The molecule has 0 saturated carbocycles. The smallest absolute Gasteiger partial charge is 0.251 e. The number of amides is 1. The Morgan fingerprint density at radius 1 is 1.06 bits per heavy atom. The molecule has 3 heteroatoms. The average Bonchev–Trinajstić information content (AvgIpc) is 2.32. The summed E-state index contributed by atoms with van der Waals surface area (Å²) in [7, 11) is 0. The first kappa shape index (κ1) is 15.2. The quantitative estimate of drug-likeness (QED) is 0.598. The van der Waals surface area contributed by atoms with E-state index in [9.17, 15) is 4.79 Å². The summed E-state index contributed by atoms with van der Waals surface area (Å²) < 4.78 is 0. The van der Waals surface area contributed by atoms with Crippen LogP contribution in [0.1, 0.15) is 47.2 Å². The topological polar surface area (TPSA) is 29.1 Å². The van der Waals surface area contributed by atoms with Gasteiger partial charge in [0.1, 0.15) is 0 Å². The molecule has 0 atom stereocenters. The number of carbonyl (C=O) groups excluding carboxylic acids is 1. The lowest BCUT2D eigenvalue weighted by Gasteiger charge is -2.07. The summed E-state index contributed by atoms with van der Waals surface area (Å²) in [5.41, 5.74) is 3.04. The predicted octanol–water partition coefficient (Wildman–Crippen LogP) is 3.99. The van der Waals surface area contributed by atoms with E-state index in [1.807, 2.05) is 26.0 Å². The first-order chi connectivity index (χ1) is 8.63. The molecule has 1 N–H and O–H groups in total. The van der Waals surface area contributed by atoms with Crippen LogP contribution in [-0.2, 0) is 0 Å². The summed E-state index contributed by atoms with van der Waals surface area (Å²) in [6.07, 6.45) is 4.68. The van der Waals surface area contributed by atoms with Gasteiger partial charge < -0.3 is 5.32 Å². The minimum atomic E-state index is 0.0438. The van der Waals surface area contributed by atoms with Crippen LogP contribution in [0.5, 0.6) is 0 Å². The van der Waals surface area contributed by atoms with Crippen molar-refractivity contribution in [2.24, 2.45) is 0 Å². The van der Waals surface area contributed by atoms with Crippen molar-refractivity contribution in [1.82, 2.24) is 5.32 Å². The Morgan fingerprint density at radius 2 is 1.67 bits per heavy atom. The monoisotopic (exact) mass is 311 g/mol. The summed E-state index contributed by atoms with van der Waals surface area (Å²) in [5.74, 6) is 0.0438. The molecule has 2 nitrogen and oxygen atoms in total. The van der Waals surface area contributed by atoms with Gasteiger partial charge in [0, 0.05) is 17.4 Å². The molecule has 18 heavy (non-hydrogen) atoms. The fourth-order valence-electron chi connectivity index (χ4n) is 1.98. The largest absolute Gasteiger partial charge is 0.352 e. The Labute approximate surface area is 118 Å². The van der Waals surface area contributed by atoms with Crippen molar-refractivity contribution in [1.29, 1.82) is 0 Å². The number of hydrogen-bond acceptors (Lipinski definition) is 1. The lowest BCUT2D eigenvalue weighted by molar-refractivity contribution is 0.0953. The molecule has 0 unspecified atom stereocenters. The number of alkyl halides is 1. The molecule has 0 radical (unpaired) electrons. The SMILES string of the molecule is Cc1cc(C)cc(C(=O)NCCCCCCBr)c1. The molecular weight excluding hydrogens is 290 g/mol. The van der Waals surface area contributed by atoms with Crippen LogP contribution >= 0.6 is 15.9 Å². The second-order valence-electron chi connectivity index (χ2n) is 4.74.